The molecule has 0 amide bonds. The van der Waals surface area contributed by atoms with E-state index in [2.05, 4.69) is 277 Å². The first kappa shape index (κ1) is 51.5. The summed E-state index contributed by atoms with van der Waals surface area (Å²) in [5, 5.41) is 2.23. The maximum Gasteiger partial charge on any atom is 0.135 e. The Morgan fingerprint density at radius 2 is 1.01 bits per heavy atom. The number of rotatable bonds is 7. The van der Waals surface area contributed by atoms with Gasteiger partial charge in [0.05, 0.1) is 0 Å². The molecule has 5 nitrogen and oxygen atoms in total. The molecule has 0 atom stereocenters. The SMILES string of the molecule is CC(C)(C)c1cc(-c2cccc(-c3ccc4c(c3)C3c5ccccc5C4c4ccccc43)c2N2[CH-]N(c3[c-]c(Oc4[c-]c5c(cc4)c4ccccc4n5-c4cc(C(C)(C)C)ccn4)ccc3)c3ccccc32)cc(C(C)(C)C)c1.[Pt]. The van der Waals surface area contributed by atoms with Gasteiger partial charge in [0.2, 0.25) is 0 Å². The van der Waals surface area contributed by atoms with Crippen LogP contribution in [0.1, 0.15) is 124 Å². The van der Waals surface area contributed by atoms with Gasteiger partial charge in [-0.05, 0) is 119 Å². The zero-order valence-corrected chi connectivity index (χ0v) is 49.1. The molecule has 1 aliphatic heterocycles. The van der Waals surface area contributed by atoms with Crippen molar-refractivity contribution >= 4 is 44.6 Å². The van der Waals surface area contributed by atoms with Crippen LogP contribution in [0.2, 0.25) is 0 Å². The summed E-state index contributed by atoms with van der Waals surface area (Å²) in [6.45, 7) is 22.9. The zero-order valence-electron chi connectivity index (χ0n) is 46.8. The van der Waals surface area contributed by atoms with Crippen LogP contribution in [0.15, 0.2) is 200 Å². The molecule has 3 heterocycles. The molecule has 0 saturated carbocycles. The third kappa shape index (κ3) is 8.51. The fourth-order valence-corrected chi connectivity index (χ4v) is 12.7. The number of hydrogen-bond donors (Lipinski definition) is 0. The average molecular weight is 1220 g/mol. The summed E-state index contributed by atoms with van der Waals surface area (Å²) < 4.78 is 9.00. The van der Waals surface area contributed by atoms with Gasteiger partial charge in [-0.3, -0.25) is 0 Å². The number of ether oxygens (including phenoxy) is 1. The average Bonchev–Trinajstić information content (AvgIpc) is 4.07. The number of hydrogen-bond acceptors (Lipinski definition) is 4. The molecule has 0 spiro atoms. The molecule has 11 aromatic rings. The fraction of sp³-hybridized carbons (Fsp3) is 0.189. The van der Waals surface area contributed by atoms with Gasteiger partial charge in [-0.2, -0.15) is 12.1 Å². The van der Waals surface area contributed by atoms with Gasteiger partial charge < -0.3 is 19.1 Å². The van der Waals surface area contributed by atoms with Gasteiger partial charge in [-0.15, -0.1) is 48.1 Å². The number of benzene rings is 9. The van der Waals surface area contributed by atoms with Crippen LogP contribution in [0.25, 0.3) is 49.9 Å². The molecule has 4 aliphatic rings. The van der Waals surface area contributed by atoms with Crippen molar-refractivity contribution in [2.24, 2.45) is 0 Å². The van der Waals surface area contributed by atoms with Crippen molar-refractivity contribution in [3.8, 4) is 39.6 Å². The van der Waals surface area contributed by atoms with Gasteiger partial charge in [-0.1, -0.05) is 195 Å². The molecule has 3 aliphatic carbocycles. The smallest absolute Gasteiger partial charge is 0.135 e. The van der Waals surface area contributed by atoms with Crippen molar-refractivity contribution in [1.29, 1.82) is 0 Å². The molecule has 15 rings (SSSR count). The summed E-state index contributed by atoms with van der Waals surface area (Å²) >= 11 is 0. The number of anilines is 4. The molecule has 80 heavy (non-hydrogen) atoms. The van der Waals surface area contributed by atoms with Crippen LogP contribution < -0.4 is 14.5 Å². The van der Waals surface area contributed by atoms with E-state index in [0.29, 0.717) is 11.5 Å². The minimum atomic E-state index is -0.0680. The Morgan fingerprint density at radius 3 is 1.68 bits per heavy atom. The molecule has 9 aromatic carbocycles. The summed E-state index contributed by atoms with van der Waals surface area (Å²) in [5.74, 6) is 2.40. The first-order valence-corrected chi connectivity index (χ1v) is 27.8. The second kappa shape index (κ2) is 19.1. The number of aromatic nitrogens is 2. The Labute approximate surface area is 485 Å². The summed E-state index contributed by atoms with van der Waals surface area (Å²) in [5.41, 5.74) is 23.0. The number of pyridine rings is 1. The summed E-state index contributed by atoms with van der Waals surface area (Å²) in [4.78, 5) is 9.58. The minimum absolute atomic E-state index is 0. The first-order chi connectivity index (χ1) is 38.1. The Morgan fingerprint density at radius 1 is 0.450 bits per heavy atom. The minimum Gasteiger partial charge on any atom is -0.509 e. The van der Waals surface area contributed by atoms with Crippen molar-refractivity contribution < 1.29 is 25.8 Å². The van der Waals surface area contributed by atoms with Gasteiger partial charge >= 0.3 is 0 Å². The largest absolute Gasteiger partial charge is 0.509 e. The second-order valence-electron chi connectivity index (χ2n) is 24.9. The van der Waals surface area contributed by atoms with Crippen molar-refractivity contribution in [2.45, 2.75) is 90.4 Å². The van der Waals surface area contributed by atoms with Crippen LogP contribution in [-0.2, 0) is 37.3 Å². The van der Waals surface area contributed by atoms with Crippen molar-refractivity contribution in [1.82, 2.24) is 9.55 Å². The van der Waals surface area contributed by atoms with Crippen LogP contribution in [0.5, 0.6) is 11.5 Å². The molecule has 2 aromatic heterocycles. The molecule has 0 fully saturated rings. The maximum absolute atomic E-state index is 6.79. The first-order valence-electron chi connectivity index (χ1n) is 27.8. The monoisotopic (exact) mass is 1220 g/mol. The third-order valence-corrected chi connectivity index (χ3v) is 16.8. The molecule has 0 unspecified atom stereocenters. The summed E-state index contributed by atoms with van der Waals surface area (Å²) in [7, 11) is 0. The zero-order chi connectivity index (χ0) is 54.1. The number of fused-ring (bicyclic) bond motifs is 4. The molecular weight excluding hydrogens is 1160 g/mol. The molecule has 0 radical (unpaired) electrons. The quantitative estimate of drug-likeness (QED) is 0.149. The molecule has 0 N–H and O–H groups in total. The van der Waals surface area contributed by atoms with Gasteiger partial charge in [-0.25, -0.2) is 4.98 Å². The molecule has 398 valence electrons. The van der Waals surface area contributed by atoms with E-state index in [1.807, 2.05) is 18.3 Å². The Hall–Kier alpha value is -7.98. The van der Waals surface area contributed by atoms with E-state index < -0.39 is 0 Å². The van der Waals surface area contributed by atoms with Crippen LogP contribution in [0.3, 0.4) is 0 Å². The van der Waals surface area contributed by atoms with E-state index in [1.54, 1.807) is 0 Å². The van der Waals surface area contributed by atoms with Crippen LogP contribution >= 0.6 is 0 Å². The summed E-state index contributed by atoms with van der Waals surface area (Å²) in [6, 6.07) is 78.9. The van der Waals surface area contributed by atoms with E-state index in [4.69, 9.17) is 9.72 Å². The van der Waals surface area contributed by atoms with Crippen LogP contribution in [0.4, 0.5) is 22.7 Å². The molecule has 6 heteroatoms. The Kier molecular flexibility index (Phi) is 12.3. The topological polar surface area (TPSA) is 33.5 Å². The molecule has 2 bridgehead atoms. The predicted molar refractivity (Wildman–Crippen MR) is 326 cm³/mol. The van der Waals surface area contributed by atoms with E-state index in [-0.39, 0.29) is 49.1 Å². The molecule has 0 saturated heterocycles. The number of para-hydroxylation sites is 4. The van der Waals surface area contributed by atoms with Crippen molar-refractivity contribution in [2.75, 3.05) is 9.80 Å². The van der Waals surface area contributed by atoms with Gasteiger partial charge in [0.15, 0.2) is 0 Å². The third-order valence-electron chi connectivity index (χ3n) is 16.8. The van der Waals surface area contributed by atoms with Gasteiger partial charge in [0.1, 0.15) is 5.82 Å². The number of nitrogens with zero attached hydrogens (tertiary/aromatic N) is 4. The van der Waals surface area contributed by atoms with Crippen molar-refractivity contribution in [3.05, 3.63) is 269 Å². The fourth-order valence-electron chi connectivity index (χ4n) is 12.7. The van der Waals surface area contributed by atoms with Gasteiger partial charge in [0, 0.05) is 84.3 Å². The van der Waals surface area contributed by atoms with E-state index in [0.717, 1.165) is 50.4 Å². The standard InChI is InChI=1S/C74H63N4O.Pt/c1-72(2,3)48-36-37-75-68(42-48)78-64-29-15-14-22-56(64)57-35-33-53(44-67(57)78)79-52-21-18-20-51(43-52)76-45-77(66-31-17-16-30-65(66)76)71-54(27-19-28-55(71)47-38-49(73(4,5)6)41-50(39-47)74(7,8)9)46-32-34-62-63(40-46)70-60-25-12-10-23-58(60)69(62)59-24-11-13-26-61(59)70;/h10-42,45,69-70H,1-9H3;/q-3;. The van der Waals surface area contributed by atoms with E-state index >= 15 is 0 Å². The normalized spacial score (nSPS) is 15.4. The van der Waals surface area contributed by atoms with Crippen molar-refractivity contribution in [3.63, 3.8) is 0 Å². The van der Waals surface area contributed by atoms with Gasteiger partial charge in [0.25, 0.3) is 0 Å². The van der Waals surface area contributed by atoms with Crippen LogP contribution in [0, 0.1) is 18.8 Å². The van der Waals surface area contributed by atoms with E-state index in [9.17, 15) is 0 Å². The molecular formula is C74H63N4OPt-3. The second-order valence-corrected chi connectivity index (χ2v) is 24.9. The summed E-state index contributed by atoms with van der Waals surface area (Å²) in [6.07, 6.45) is 1.91. The maximum atomic E-state index is 6.79. The predicted octanol–water partition coefficient (Wildman–Crippen LogP) is 19.2. The Bertz CT molecular complexity index is 4180. The van der Waals surface area contributed by atoms with Crippen LogP contribution in [-0.4, -0.2) is 9.55 Å². The Balaban J connectivity index is 0.00000605. The van der Waals surface area contributed by atoms with E-state index in [1.165, 1.54) is 72.3 Å².